The molecule has 70 valence electrons. The molecule has 1 aromatic heterocycles. The minimum atomic E-state index is 0.931. The van der Waals surface area contributed by atoms with Crippen molar-refractivity contribution in [3.63, 3.8) is 0 Å². The van der Waals surface area contributed by atoms with Gasteiger partial charge in [0.15, 0.2) is 0 Å². The highest BCUT2D eigenvalue weighted by Crippen LogP contribution is 2.03. The minimum absolute atomic E-state index is 0.931. The van der Waals surface area contributed by atoms with Crippen molar-refractivity contribution in [1.82, 2.24) is 4.98 Å². The molecule has 2 heteroatoms. The molecular weight excluding hydrogens is 160 g/mol. The van der Waals surface area contributed by atoms with Crippen LogP contribution in [-0.2, 0) is 6.42 Å². The third-order valence-electron chi connectivity index (χ3n) is 2.11. The number of nitrogens with zero attached hydrogens (tertiary/aromatic N) is 2. The molecule has 0 aromatic carbocycles. The summed E-state index contributed by atoms with van der Waals surface area (Å²) in [5.41, 5.74) is 3.54. The van der Waals surface area contributed by atoms with Gasteiger partial charge in [-0.3, -0.25) is 9.98 Å². The third kappa shape index (κ3) is 2.98. The van der Waals surface area contributed by atoms with Gasteiger partial charge in [-0.05, 0) is 25.0 Å². The van der Waals surface area contributed by atoms with E-state index in [-0.39, 0.29) is 0 Å². The Labute approximate surface area is 79.7 Å². The molecule has 0 saturated heterocycles. The van der Waals surface area contributed by atoms with Crippen molar-refractivity contribution in [2.24, 2.45) is 4.99 Å². The third-order valence-corrected chi connectivity index (χ3v) is 2.11. The van der Waals surface area contributed by atoms with Gasteiger partial charge in [0.1, 0.15) is 0 Å². The average molecular weight is 176 g/mol. The number of aliphatic imine (C=N–C) groups is 1. The maximum absolute atomic E-state index is 4.25. The molecule has 13 heavy (non-hydrogen) atoms. The zero-order valence-electron chi connectivity index (χ0n) is 8.54. The molecule has 0 unspecified atom stereocenters. The lowest BCUT2D eigenvalue weighted by molar-refractivity contribution is 1.11. The van der Waals surface area contributed by atoms with Crippen LogP contribution < -0.4 is 0 Å². The molecular formula is C11H16N2. The molecule has 0 atom stereocenters. The molecule has 0 aliphatic heterocycles. The summed E-state index contributed by atoms with van der Waals surface area (Å²) in [7, 11) is 1.85. The normalized spacial score (nSPS) is 11.8. The maximum Gasteiger partial charge on any atom is 0.0372 e. The van der Waals surface area contributed by atoms with Crippen LogP contribution in [-0.4, -0.2) is 17.7 Å². The summed E-state index contributed by atoms with van der Waals surface area (Å²) < 4.78 is 0. The van der Waals surface area contributed by atoms with Crippen LogP contribution >= 0.6 is 0 Å². The minimum Gasteiger partial charge on any atom is -0.297 e. The van der Waals surface area contributed by atoms with Gasteiger partial charge in [-0.1, -0.05) is 13.0 Å². The van der Waals surface area contributed by atoms with E-state index in [2.05, 4.69) is 23.0 Å². The van der Waals surface area contributed by atoms with Gasteiger partial charge in [0.2, 0.25) is 0 Å². The highest BCUT2D eigenvalue weighted by Gasteiger charge is 1.98. The molecule has 0 amide bonds. The van der Waals surface area contributed by atoms with E-state index in [1.165, 1.54) is 11.3 Å². The Morgan fingerprint density at radius 1 is 1.46 bits per heavy atom. The molecule has 0 aliphatic rings. The molecule has 1 heterocycles. The van der Waals surface area contributed by atoms with E-state index in [0.29, 0.717) is 0 Å². The number of pyridine rings is 1. The first-order valence-electron chi connectivity index (χ1n) is 4.62. The fourth-order valence-electron chi connectivity index (χ4n) is 1.20. The molecule has 0 fully saturated rings. The Morgan fingerprint density at radius 2 is 2.23 bits per heavy atom. The first-order valence-corrected chi connectivity index (χ1v) is 4.62. The molecule has 0 radical (unpaired) electrons. The summed E-state index contributed by atoms with van der Waals surface area (Å²) in [5.74, 6) is 0. The lowest BCUT2D eigenvalue weighted by Gasteiger charge is -2.02. The summed E-state index contributed by atoms with van der Waals surface area (Å²) in [6.45, 7) is 4.13. The van der Waals surface area contributed by atoms with Crippen molar-refractivity contribution in [2.75, 3.05) is 7.05 Å². The first kappa shape index (κ1) is 9.90. The van der Waals surface area contributed by atoms with E-state index in [1.54, 1.807) is 0 Å². The van der Waals surface area contributed by atoms with Crippen molar-refractivity contribution in [3.8, 4) is 0 Å². The van der Waals surface area contributed by atoms with E-state index in [4.69, 9.17) is 0 Å². The second-order valence-electron chi connectivity index (χ2n) is 3.13. The van der Waals surface area contributed by atoms with Crippen LogP contribution in [0.4, 0.5) is 0 Å². The molecule has 0 bridgehead atoms. The molecule has 0 aliphatic carbocycles. The lowest BCUT2D eigenvalue weighted by Crippen LogP contribution is -2.01. The van der Waals surface area contributed by atoms with Gasteiger partial charge < -0.3 is 0 Å². The molecule has 0 spiro atoms. The van der Waals surface area contributed by atoms with Crippen LogP contribution in [0, 0.1) is 6.92 Å². The van der Waals surface area contributed by atoms with Gasteiger partial charge in [0.05, 0.1) is 0 Å². The van der Waals surface area contributed by atoms with E-state index >= 15 is 0 Å². The van der Waals surface area contributed by atoms with Crippen molar-refractivity contribution in [3.05, 3.63) is 29.6 Å². The molecule has 0 saturated carbocycles. The number of aromatic nitrogens is 1. The van der Waals surface area contributed by atoms with Gasteiger partial charge in [-0.2, -0.15) is 0 Å². The number of rotatable bonds is 3. The number of hydrogen-bond donors (Lipinski definition) is 0. The highest BCUT2D eigenvalue weighted by molar-refractivity contribution is 5.86. The Morgan fingerprint density at radius 3 is 2.69 bits per heavy atom. The average Bonchev–Trinajstić information content (AvgIpc) is 2.17. The van der Waals surface area contributed by atoms with Crippen molar-refractivity contribution in [2.45, 2.75) is 26.7 Å². The van der Waals surface area contributed by atoms with Gasteiger partial charge in [0, 0.05) is 31.1 Å². The van der Waals surface area contributed by atoms with E-state index < -0.39 is 0 Å². The van der Waals surface area contributed by atoms with Crippen molar-refractivity contribution < 1.29 is 0 Å². The van der Waals surface area contributed by atoms with Gasteiger partial charge in [-0.25, -0.2) is 0 Å². The zero-order chi connectivity index (χ0) is 9.68. The molecule has 2 nitrogen and oxygen atoms in total. The monoisotopic (exact) mass is 176 g/mol. The maximum atomic E-state index is 4.25. The van der Waals surface area contributed by atoms with Crippen LogP contribution in [0.3, 0.4) is 0 Å². The van der Waals surface area contributed by atoms with E-state index in [9.17, 15) is 0 Å². The van der Waals surface area contributed by atoms with Crippen LogP contribution in [0.1, 0.15) is 24.6 Å². The number of aryl methyl sites for hydroxylation is 1. The van der Waals surface area contributed by atoms with Gasteiger partial charge in [-0.15, -0.1) is 0 Å². The highest BCUT2D eigenvalue weighted by atomic mass is 14.7. The SMILES string of the molecule is CCC(Cc1ccc(C)nc1)=NC. The van der Waals surface area contributed by atoms with Gasteiger partial charge in [0.25, 0.3) is 0 Å². The smallest absolute Gasteiger partial charge is 0.0372 e. The largest absolute Gasteiger partial charge is 0.297 e. The summed E-state index contributed by atoms with van der Waals surface area (Å²) in [6.07, 6.45) is 3.88. The topological polar surface area (TPSA) is 25.2 Å². The second-order valence-corrected chi connectivity index (χ2v) is 3.13. The van der Waals surface area contributed by atoms with Crippen molar-refractivity contribution >= 4 is 5.71 Å². The predicted octanol–water partition coefficient (Wildman–Crippen LogP) is 2.41. The summed E-state index contributed by atoms with van der Waals surface area (Å²) in [4.78, 5) is 8.46. The summed E-state index contributed by atoms with van der Waals surface area (Å²) >= 11 is 0. The molecule has 1 rings (SSSR count). The predicted molar refractivity (Wildman–Crippen MR) is 56.3 cm³/mol. The van der Waals surface area contributed by atoms with Crippen molar-refractivity contribution in [1.29, 1.82) is 0 Å². The van der Waals surface area contributed by atoms with Crippen LogP contribution in [0.5, 0.6) is 0 Å². The fourth-order valence-corrected chi connectivity index (χ4v) is 1.20. The molecule has 0 N–H and O–H groups in total. The Balaban J connectivity index is 2.69. The van der Waals surface area contributed by atoms with Crippen LogP contribution in [0.2, 0.25) is 0 Å². The number of hydrogen-bond acceptors (Lipinski definition) is 2. The summed E-state index contributed by atoms with van der Waals surface area (Å²) in [5, 5.41) is 0. The Kier molecular flexibility index (Phi) is 3.62. The van der Waals surface area contributed by atoms with E-state index in [1.807, 2.05) is 26.2 Å². The molecule has 1 aromatic rings. The van der Waals surface area contributed by atoms with Gasteiger partial charge >= 0.3 is 0 Å². The first-order chi connectivity index (χ1) is 6.26. The quantitative estimate of drug-likeness (QED) is 0.649. The Hall–Kier alpha value is -1.18. The van der Waals surface area contributed by atoms with Crippen LogP contribution in [0.15, 0.2) is 23.3 Å². The fraction of sp³-hybridized carbons (Fsp3) is 0.455. The standard InChI is InChI=1S/C11H16N2/c1-4-11(12-3)7-10-6-5-9(2)13-8-10/h5-6,8H,4,7H2,1-3H3. The lowest BCUT2D eigenvalue weighted by atomic mass is 10.1. The van der Waals surface area contributed by atoms with E-state index in [0.717, 1.165) is 18.5 Å². The second kappa shape index (κ2) is 4.75. The Bertz CT molecular complexity index is 285. The summed E-state index contributed by atoms with van der Waals surface area (Å²) in [6, 6.07) is 4.15. The zero-order valence-corrected chi connectivity index (χ0v) is 8.54. The van der Waals surface area contributed by atoms with Crippen LogP contribution in [0.25, 0.3) is 0 Å².